The van der Waals surface area contributed by atoms with Gasteiger partial charge in [-0.15, -0.1) is 0 Å². The first-order chi connectivity index (χ1) is 9.13. The first-order valence-electron chi connectivity index (χ1n) is 5.78. The third-order valence-corrected chi connectivity index (χ3v) is 4.04. The van der Waals surface area contributed by atoms with Crippen LogP contribution in [0.25, 0.3) is 0 Å². The van der Waals surface area contributed by atoms with E-state index in [4.69, 9.17) is 0 Å². The minimum absolute atomic E-state index is 0.257. The summed E-state index contributed by atoms with van der Waals surface area (Å²) in [6.45, 7) is 2.17. The first-order valence-corrected chi connectivity index (χ1v) is 7.26. The molecule has 1 rings (SSSR count). The van der Waals surface area contributed by atoms with Crippen LogP contribution in [0, 0.1) is 10.1 Å². The lowest BCUT2D eigenvalue weighted by molar-refractivity contribution is -0.386. The average molecular weight is 303 g/mol. The monoisotopic (exact) mass is 303 g/mol. The molecule has 0 aromatic heterocycles. The summed E-state index contributed by atoms with van der Waals surface area (Å²) in [4.78, 5) is 11.4. The maximum atomic E-state index is 12.1. The van der Waals surface area contributed by atoms with E-state index in [1.165, 1.54) is 0 Å². The lowest BCUT2D eigenvalue weighted by Crippen LogP contribution is -2.39. The minimum atomic E-state index is -3.87. The third kappa shape index (κ3) is 4.15. The maximum absolute atomic E-state index is 12.1. The molecular weight excluding hydrogens is 286 g/mol. The Balaban J connectivity index is 3.04. The molecule has 0 heterocycles. The van der Waals surface area contributed by atoms with Crippen molar-refractivity contribution < 1.29 is 18.4 Å². The van der Waals surface area contributed by atoms with E-state index in [2.05, 4.69) is 4.72 Å². The Hall–Kier alpha value is -1.71. The van der Waals surface area contributed by atoms with Gasteiger partial charge in [-0.3, -0.25) is 10.1 Å². The number of hydrogen-bond donors (Lipinski definition) is 2. The number of aromatic hydroxyl groups is 1. The van der Waals surface area contributed by atoms with Crippen LogP contribution in [0.5, 0.6) is 5.75 Å². The van der Waals surface area contributed by atoms with Crippen LogP contribution in [0.3, 0.4) is 0 Å². The molecule has 9 heteroatoms. The van der Waals surface area contributed by atoms with Gasteiger partial charge in [0.05, 0.1) is 9.82 Å². The fourth-order valence-corrected chi connectivity index (χ4v) is 2.99. The molecule has 0 spiro atoms. The van der Waals surface area contributed by atoms with Gasteiger partial charge in [-0.2, -0.15) is 0 Å². The Morgan fingerprint density at radius 3 is 2.55 bits per heavy atom. The Kier molecular flexibility index (Phi) is 5.03. The smallest absolute Gasteiger partial charge is 0.312 e. The van der Waals surface area contributed by atoms with Gasteiger partial charge in [-0.05, 0) is 33.2 Å². The molecule has 0 bridgehead atoms. The second kappa shape index (κ2) is 6.16. The number of benzene rings is 1. The zero-order valence-corrected chi connectivity index (χ0v) is 12.2. The van der Waals surface area contributed by atoms with Crippen LogP contribution in [0.15, 0.2) is 23.1 Å². The van der Waals surface area contributed by atoms with E-state index < -0.39 is 26.4 Å². The zero-order valence-electron chi connectivity index (χ0n) is 11.4. The summed E-state index contributed by atoms with van der Waals surface area (Å²) in [6.07, 6.45) is 0. The number of nitrogens with one attached hydrogen (secondary N) is 1. The molecule has 1 aromatic carbocycles. The number of nitro groups is 1. The molecule has 20 heavy (non-hydrogen) atoms. The molecule has 8 nitrogen and oxygen atoms in total. The van der Waals surface area contributed by atoms with Gasteiger partial charge in [0.15, 0.2) is 5.75 Å². The fourth-order valence-electron chi connectivity index (χ4n) is 1.73. The van der Waals surface area contributed by atoms with Crippen LogP contribution in [-0.2, 0) is 10.0 Å². The molecule has 1 unspecified atom stereocenters. The second-order valence-electron chi connectivity index (χ2n) is 4.69. The van der Waals surface area contributed by atoms with Crippen LogP contribution in [-0.4, -0.2) is 50.0 Å². The number of likely N-dealkylation sites (N-methyl/N-ethyl adjacent to an activating group) is 1. The van der Waals surface area contributed by atoms with Crippen molar-refractivity contribution in [2.24, 2.45) is 0 Å². The summed E-state index contributed by atoms with van der Waals surface area (Å²) < 4.78 is 26.6. The van der Waals surface area contributed by atoms with Gasteiger partial charge in [-0.25, -0.2) is 13.1 Å². The van der Waals surface area contributed by atoms with Crippen LogP contribution < -0.4 is 4.72 Å². The Morgan fingerprint density at radius 1 is 1.45 bits per heavy atom. The molecule has 0 saturated carbocycles. The van der Waals surface area contributed by atoms with Gasteiger partial charge in [0.1, 0.15) is 0 Å². The van der Waals surface area contributed by atoms with Crippen LogP contribution in [0.1, 0.15) is 6.92 Å². The van der Waals surface area contributed by atoms with Gasteiger partial charge >= 0.3 is 5.69 Å². The standard InChI is InChI=1S/C11H17N3O5S/c1-8(7-13(2)3)12-20(18,19)9-4-5-11(15)10(6-9)14(16)17/h4-6,8,12,15H,7H2,1-3H3. The normalized spacial score (nSPS) is 13.4. The van der Waals surface area contributed by atoms with E-state index in [-0.39, 0.29) is 10.9 Å². The van der Waals surface area contributed by atoms with Crippen molar-refractivity contribution in [1.82, 2.24) is 9.62 Å². The molecule has 0 radical (unpaired) electrons. The van der Waals surface area contributed by atoms with E-state index in [1.54, 1.807) is 21.0 Å². The van der Waals surface area contributed by atoms with Crippen molar-refractivity contribution in [3.05, 3.63) is 28.3 Å². The van der Waals surface area contributed by atoms with Crippen LogP contribution >= 0.6 is 0 Å². The predicted molar refractivity (Wildman–Crippen MR) is 73.1 cm³/mol. The highest BCUT2D eigenvalue weighted by molar-refractivity contribution is 7.89. The highest BCUT2D eigenvalue weighted by Gasteiger charge is 2.22. The zero-order chi connectivity index (χ0) is 15.5. The number of rotatable bonds is 6. The van der Waals surface area contributed by atoms with Crippen LogP contribution in [0.4, 0.5) is 5.69 Å². The van der Waals surface area contributed by atoms with Crippen molar-refractivity contribution in [3.8, 4) is 5.75 Å². The number of nitrogens with zero attached hydrogens (tertiary/aromatic N) is 2. The second-order valence-corrected chi connectivity index (χ2v) is 6.41. The molecule has 0 aliphatic rings. The van der Waals surface area contributed by atoms with Crippen molar-refractivity contribution >= 4 is 15.7 Å². The van der Waals surface area contributed by atoms with E-state index in [1.807, 2.05) is 4.90 Å². The number of hydrogen-bond acceptors (Lipinski definition) is 6. The maximum Gasteiger partial charge on any atom is 0.312 e. The molecule has 0 amide bonds. The SMILES string of the molecule is CC(CN(C)C)NS(=O)(=O)c1ccc(O)c([N+](=O)[O-])c1. The summed E-state index contributed by atoms with van der Waals surface area (Å²) in [5.74, 6) is -0.574. The van der Waals surface area contributed by atoms with E-state index >= 15 is 0 Å². The van der Waals surface area contributed by atoms with Gasteiger partial charge < -0.3 is 10.0 Å². The molecule has 1 atom stereocenters. The third-order valence-electron chi connectivity index (χ3n) is 2.45. The summed E-state index contributed by atoms with van der Waals surface area (Å²) in [6, 6.07) is 2.58. The van der Waals surface area contributed by atoms with E-state index in [9.17, 15) is 23.6 Å². The number of nitro benzene ring substituents is 1. The van der Waals surface area contributed by atoms with E-state index in [0.29, 0.717) is 6.54 Å². The van der Waals surface area contributed by atoms with Gasteiger partial charge in [0, 0.05) is 18.7 Å². The van der Waals surface area contributed by atoms with Gasteiger partial charge in [0.25, 0.3) is 0 Å². The Morgan fingerprint density at radius 2 is 2.05 bits per heavy atom. The highest BCUT2D eigenvalue weighted by Crippen LogP contribution is 2.28. The van der Waals surface area contributed by atoms with Crippen molar-refractivity contribution in [1.29, 1.82) is 0 Å². The molecule has 112 valence electrons. The first kappa shape index (κ1) is 16.3. The predicted octanol–water partition coefficient (Wildman–Crippen LogP) is 0.529. The van der Waals surface area contributed by atoms with Crippen molar-refractivity contribution in [2.45, 2.75) is 17.9 Å². The Bertz CT molecular complexity index is 600. The summed E-state index contributed by atoms with van der Waals surface area (Å²) in [7, 11) is -0.267. The summed E-state index contributed by atoms with van der Waals surface area (Å²) in [5, 5.41) is 20.0. The lowest BCUT2D eigenvalue weighted by Gasteiger charge is -2.18. The molecule has 1 aromatic rings. The van der Waals surface area contributed by atoms with Crippen LogP contribution in [0.2, 0.25) is 0 Å². The quantitative estimate of drug-likeness (QED) is 0.585. The average Bonchev–Trinajstić information content (AvgIpc) is 2.26. The largest absolute Gasteiger partial charge is 0.502 e. The molecule has 2 N–H and O–H groups in total. The Labute approximate surface area is 117 Å². The topological polar surface area (TPSA) is 113 Å². The minimum Gasteiger partial charge on any atom is -0.502 e. The molecule has 0 saturated heterocycles. The van der Waals surface area contributed by atoms with Gasteiger partial charge in [-0.1, -0.05) is 0 Å². The lowest BCUT2D eigenvalue weighted by atomic mass is 10.3. The molecule has 0 aliphatic heterocycles. The van der Waals surface area contributed by atoms with E-state index in [0.717, 1.165) is 18.2 Å². The number of sulfonamides is 1. The van der Waals surface area contributed by atoms with Crippen molar-refractivity contribution in [3.63, 3.8) is 0 Å². The number of phenols is 1. The highest BCUT2D eigenvalue weighted by atomic mass is 32.2. The molecular formula is C11H17N3O5S. The molecule has 0 fully saturated rings. The fraction of sp³-hybridized carbons (Fsp3) is 0.455. The number of phenolic OH excluding ortho intramolecular Hbond substituents is 1. The summed E-state index contributed by atoms with van der Waals surface area (Å²) >= 11 is 0. The van der Waals surface area contributed by atoms with Gasteiger partial charge in [0.2, 0.25) is 10.0 Å². The summed E-state index contributed by atoms with van der Waals surface area (Å²) in [5.41, 5.74) is -0.645. The molecule has 0 aliphatic carbocycles. The van der Waals surface area contributed by atoms with Crippen molar-refractivity contribution in [2.75, 3.05) is 20.6 Å².